The number of amides is 2. The third-order valence-corrected chi connectivity index (χ3v) is 5.66. The van der Waals surface area contributed by atoms with Crippen molar-refractivity contribution in [2.45, 2.75) is 6.92 Å². The van der Waals surface area contributed by atoms with E-state index in [1.54, 1.807) is 25.1 Å². The number of hydrogen-bond donors (Lipinski definition) is 2. The summed E-state index contributed by atoms with van der Waals surface area (Å²) in [7, 11) is 1.41. The molecule has 0 saturated heterocycles. The van der Waals surface area contributed by atoms with Crippen molar-refractivity contribution < 1.29 is 18.5 Å². The van der Waals surface area contributed by atoms with Gasteiger partial charge in [0.25, 0.3) is 23.5 Å². The van der Waals surface area contributed by atoms with E-state index in [1.807, 2.05) is 0 Å². The zero-order valence-corrected chi connectivity index (χ0v) is 21.6. The van der Waals surface area contributed by atoms with Gasteiger partial charge in [0, 0.05) is 24.3 Å². The van der Waals surface area contributed by atoms with Crippen LogP contribution in [-0.4, -0.2) is 43.8 Å². The van der Waals surface area contributed by atoms with E-state index < -0.39 is 17.6 Å². The first-order valence-corrected chi connectivity index (χ1v) is 11.6. The number of nitrogens with zero attached hydrogens (tertiary/aromatic N) is 5. The van der Waals surface area contributed by atoms with Crippen LogP contribution in [0.2, 0.25) is 10.0 Å². The molecule has 4 rings (SSSR count). The fourth-order valence-electron chi connectivity index (χ4n) is 3.15. The number of aryl methyl sites for hydroxylation is 1. The molecular weight excluding hydrogens is 580 g/mol. The topological polar surface area (TPSA) is 128 Å². The van der Waals surface area contributed by atoms with Crippen molar-refractivity contribution in [3.8, 4) is 17.3 Å². The van der Waals surface area contributed by atoms with Crippen molar-refractivity contribution in [3.05, 3.63) is 74.1 Å². The van der Waals surface area contributed by atoms with E-state index in [-0.39, 0.29) is 39.5 Å². The molecule has 0 bridgehead atoms. The molecule has 3 heterocycles. The van der Waals surface area contributed by atoms with Gasteiger partial charge >= 0.3 is 0 Å². The van der Waals surface area contributed by atoms with Crippen LogP contribution < -0.4 is 10.6 Å². The largest absolute Gasteiger partial charge is 0.352 e. The summed E-state index contributed by atoms with van der Waals surface area (Å²) < 4.78 is 21.9. The number of nitrogens with one attached hydrogen (secondary N) is 2. The quantitative estimate of drug-likeness (QED) is 0.300. The van der Waals surface area contributed by atoms with Gasteiger partial charge in [0.2, 0.25) is 0 Å². The number of halogens is 4. The van der Waals surface area contributed by atoms with Gasteiger partial charge in [-0.3, -0.25) is 9.59 Å². The second-order valence-corrected chi connectivity index (χ2v) is 8.86. The molecule has 0 radical (unpaired) electrons. The lowest BCUT2D eigenvalue weighted by molar-refractivity contribution is -0.114. The monoisotopic (exact) mass is 593 g/mol. The van der Waals surface area contributed by atoms with Crippen LogP contribution in [0, 0.1) is 6.92 Å². The molecule has 4 aromatic rings. The molecule has 0 unspecified atom stereocenters. The summed E-state index contributed by atoms with van der Waals surface area (Å²) in [4.78, 5) is 32.8. The van der Waals surface area contributed by atoms with E-state index in [2.05, 4.69) is 46.8 Å². The van der Waals surface area contributed by atoms with E-state index >= 15 is 4.39 Å². The Morgan fingerprint density at radius 1 is 1.25 bits per heavy atom. The summed E-state index contributed by atoms with van der Waals surface area (Å²) in [6.07, 6.45) is 2.49. The van der Waals surface area contributed by atoms with Crippen molar-refractivity contribution in [2.75, 3.05) is 12.4 Å². The number of rotatable bonds is 6. The highest BCUT2D eigenvalue weighted by Crippen LogP contribution is 2.34. The summed E-state index contributed by atoms with van der Waals surface area (Å²) in [6, 6.07) is 7.75. The third-order valence-electron chi connectivity index (χ3n) is 4.76. The number of hydrogen-bond acceptors (Lipinski definition) is 7. The minimum Gasteiger partial charge on any atom is -0.352 e. The van der Waals surface area contributed by atoms with Crippen LogP contribution in [-0.2, 0) is 4.79 Å². The molecule has 0 aliphatic rings. The average Bonchev–Trinajstić information content (AvgIpc) is 3.47. The first-order valence-electron chi connectivity index (χ1n) is 10.1. The second-order valence-electron chi connectivity index (χ2n) is 7.21. The molecule has 36 heavy (non-hydrogen) atoms. The molecule has 184 valence electrons. The van der Waals surface area contributed by atoms with Gasteiger partial charge in [-0.1, -0.05) is 28.4 Å². The molecule has 0 spiro atoms. The smallest absolute Gasteiger partial charge is 0.292 e. The first kappa shape index (κ1) is 25.5. The van der Waals surface area contributed by atoms with Crippen molar-refractivity contribution in [2.24, 2.45) is 0 Å². The Morgan fingerprint density at radius 3 is 2.75 bits per heavy atom. The number of carbonyl (C=O) groups is 2. The van der Waals surface area contributed by atoms with Gasteiger partial charge in [-0.25, -0.2) is 14.1 Å². The highest BCUT2D eigenvalue weighted by atomic mass is 79.9. The zero-order valence-electron chi connectivity index (χ0n) is 18.5. The average molecular weight is 595 g/mol. The number of benzene rings is 1. The molecule has 2 N–H and O–H groups in total. The third kappa shape index (κ3) is 5.30. The summed E-state index contributed by atoms with van der Waals surface area (Å²) in [5.41, 5.74) is 1.07. The van der Waals surface area contributed by atoms with Crippen LogP contribution in [0.1, 0.15) is 21.9 Å². The van der Waals surface area contributed by atoms with E-state index in [9.17, 15) is 9.59 Å². The lowest BCUT2D eigenvalue weighted by Gasteiger charge is -2.12. The second kappa shape index (κ2) is 10.6. The van der Waals surface area contributed by atoms with Gasteiger partial charge in [-0.05, 0) is 58.7 Å². The Bertz CT molecular complexity index is 1520. The molecule has 0 aliphatic heterocycles. The van der Waals surface area contributed by atoms with Gasteiger partial charge in [-0.15, -0.1) is 0 Å². The molecule has 3 aromatic heterocycles. The van der Waals surface area contributed by atoms with Gasteiger partial charge in [0.15, 0.2) is 11.6 Å². The highest BCUT2D eigenvalue weighted by Gasteiger charge is 2.22. The lowest BCUT2D eigenvalue weighted by Crippen LogP contribution is -2.19. The minimum atomic E-state index is -1.13. The molecule has 14 heteroatoms. The summed E-state index contributed by atoms with van der Waals surface area (Å²) >= 11 is 15.6. The van der Waals surface area contributed by atoms with Gasteiger partial charge < -0.3 is 15.2 Å². The van der Waals surface area contributed by atoms with Crippen LogP contribution in [0.25, 0.3) is 23.3 Å². The zero-order chi connectivity index (χ0) is 26.0. The Labute approximate surface area is 221 Å². The van der Waals surface area contributed by atoms with Crippen molar-refractivity contribution in [3.63, 3.8) is 0 Å². The summed E-state index contributed by atoms with van der Waals surface area (Å²) in [5.74, 6) is -2.83. The van der Waals surface area contributed by atoms with E-state index in [1.165, 1.54) is 30.1 Å². The summed E-state index contributed by atoms with van der Waals surface area (Å²) in [6.45, 7) is 1.65. The molecule has 0 atom stereocenters. The van der Waals surface area contributed by atoms with Gasteiger partial charge in [0.1, 0.15) is 4.60 Å². The molecule has 2 amide bonds. The Kier molecular flexibility index (Phi) is 7.48. The molecule has 0 aliphatic carbocycles. The van der Waals surface area contributed by atoms with Crippen molar-refractivity contribution >= 4 is 62.7 Å². The Balaban J connectivity index is 1.68. The highest BCUT2D eigenvalue weighted by molar-refractivity contribution is 9.10. The normalized spacial score (nSPS) is 11.4. The van der Waals surface area contributed by atoms with Gasteiger partial charge in [-0.2, -0.15) is 10.1 Å². The number of aromatic nitrogens is 5. The van der Waals surface area contributed by atoms with Crippen LogP contribution in [0.15, 0.2) is 51.5 Å². The maximum Gasteiger partial charge on any atom is 0.292 e. The van der Waals surface area contributed by atoms with Crippen molar-refractivity contribution in [1.29, 1.82) is 0 Å². The fraction of sp³-hybridized carbons (Fsp3) is 0.0909. The van der Waals surface area contributed by atoms with Crippen LogP contribution in [0.3, 0.4) is 0 Å². The standard InChI is InChI=1S/C22H15BrCl2FN7O3/c1-10-6-11(24)7-13(22-30-18(32-36-22)21(35)27-2)17(10)29-20(34)15(26)8-12-9-16(23)31-33(12)19-14(25)4-3-5-28-19/h3-9H,1-2H3,(H,27,35)(H,29,34). The molecule has 0 saturated carbocycles. The van der Waals surface area contributed by atoms with E-state index in [0.717, 1.165) is 6.08 Å². The molecule has 1 aromatic carbocycles. The SMILES string of the molecule is CNC(=O)c1noc(-c2cc(Cl)cc(C)c2NC(=O)C(F)=Cc2cc(Br)nn2-c2ncccc2Cl)n1. The summed E-state index contributed by atoms with van der Waals surface area (Å²) in [5, 5.41) is 13.3. The lowest BCUT2D eigenvalue weighted by atomic mass is 10.1. The fourth-order valence-corrected chi connectivity index (χ4v) is 4.02. The number of anilines is 1. The number of pyridine rings is 1. The van der Waals surface area contributed by atoms with Crippen LogP contribution in [0.4, 0.5) is 10.1 Å². The van der Waals surface area contributed by atoms with E-state index in [0.29, 0.717) is 15.2 Å². The maximum atomic E-state index is 15.1. The Hall–Kier alpha value is -3.61. The van der Waals surface area contributed by atoms with Crippen LogP contribution in [0.5, 0.6) is 0 Å². The first-order chi connectivity index (χ1) is 17.2. The molecular formula is C22H15BrCl2FN7O3. The Morgan fingerprint density at radius 2 is 2.03 bits per heavy atom. The maximum absolute atomic E-state index is 15.1. The number of carbonyl (C=O) groups excluding carboxylic acids is 2. The van der Waals surface area contributed by atoms with Crippen molar-refractivity contribution in [1.82, 2.24) is 30.2 Å². The predicted octanol–water partition coefficient (Wildman–Crippen LogP) is 5.00. The molecule has 10 nitrogen and oxygen atoms in total. The van der Waals surface area contributed by atoms with Gasteiger partial charge in [0.05, 0.1) is 22.0 Å². The van der Waals surface area contributed by atoms with Crippen LogP contribution >= 0.6 is 39.1 Å². The predicted molar refractivity (Wildman–Crippen MR) is 135 cm³/mol. The minimum absolute atomic E-state index is 0.0920. The van der Waals surface area contributed by atoms with E-state index in [4.69, 9.17) is 27.7 Å². The molecule has 0 fully saturated rings.